The maximum atomic E-state index is 13.4. The number of aromatic nitrogens is 2. The van der Waals surface area contributed by atoms with Gasteiger partial charge in [-0.05, 0) is 48.0 Å². The van der Waals surface area contributed by atoms with E-state index >= 15 is 0 Å². The summed E-state index contributed by atoms with van der Waals surface area (Å²) in [4.78, 5) is 23.9. The summed E-state index contributed by atoms with van der Waals surface area (Å²) in [5.74, 6) is -0.0522. The van der Waals surface area contributed by atoms with Gasteiger partial charge in [-0.15, -0.1) is 0 Å². The van der Waals surface area contributed by atoms with Crippen LogP contribution >= 0.6 is 11.8 Å². The minimum Gasteiger partial charge on any atom is -0.307 e. The molecule has 5 nitrogen and oxygen atoms in total. The molecule has 2 aromatic heterocycles. The van der Waals surface area contributed by atoms with E-state index in [9.17, 15) is 9.18 Å². The number of imidazole rings is 1. The molecule has 3 heterocycles. The maximum absolute atomic E-state index is 13.4. The van der Waals surface area contributed by atoms with Gasteiger partial charge in [-0.3, -0.25) is 9.69 Å². The van der Waals surface area contributed by atoms with Crippen LogP contribution in [0.2, 0.25) is 0 Å². The predicted molar refractivity (Wildman–Crippen MR) is 122 cm³/mol. The minimum absolute atomic E-state index is 0.243. The van der Waals surface area contributed by atoms with Gasteiger partial charge in [0.2, 0.25) is 0 Å². The molecule has 7 heteroatoms. The molecule has 5 rings (SSSR count). The van der Waals surface area contributed by atoms with Gasteiger partial charge >= 0.3 is 0 Å². The van der Waals surface area contributed by atoms with Crippen molar-refractivity contribution in [2.45, 2.75) is 5.75 Å². The Bertz CT molecular complexity index is 1280. The smallest absolute Gasteiger partial charge is 0.283 e. The molecule has 0 bridgehead atoms. The van der Waals surface area contributed by atoms with E-state index in [4.69, 9.17) is 0 Å². The van der Waals surface area contributed by atoms with E-state index in [1.165, 1.54) is 28.8 Å². The maximum Gasteiger partial charge on any atom is 0.283 e. The lowest BCUT2D eigenvalue weighted by Gasteiger charge is -2.17. The molecular weight excluding hydrogens is 411 g/mol. The predicted octanol–water partition coefficient (Wildman–Crippen LogP) is 5.15. The molecule has 152 valence electrons. The van der Waals surface area contributed by atoms with Gasteiger partial charge in [-0.2, -0.15) is 0 Å². The number of benzene rings is 2. The van der Waals surface area contributed by atoms with Gasteiger partial charge in [0.25, 0.3) is 5.91 Å². The van der Waals surface area contributed by atoms with Crippen LogP contribution < -0.4 is 4.90 Å². The van der Waals surface area contributed by atoms with E-state index in [-0.39, 0.29) is 11.7 Å². The number of hydrogen-bond acceptors (Lipinski definition) is 4. The quantitative estimate of drug-likeness (QED) is 0.423. The molecule has 31 heavy (non-hydrogen) atoms. The third kappa shape index (κ3) is 4.00. The average Bonchev–Trinajstić information content (AvgIpc) is 3.34. The Labute approximate surface area is 182 Å². The largest absolute Gasteiger partial charge is 0.307 e. The zero-order chi connectivity index (χ0) is 21.2. The Morgan fingerprint density at radius 1 is 0.968 bits per heavy atom. The fourth-order valence-corrected chi connectivity index (χ4v) is 4.21. The van der Waals surface area contributed by atoms with Crippen molar-refractivity contribution in [3.63, 3.8) is 0 Å². The molecule has 4 aromatic rings. The van der Waals surface area contributed by atoms with Gasteiger partial charge in [0, 0.05) is 18.1 Å². The number of thioether (sulfide) groups is 1. The highest BCUT2D eigenvalue weighted by atomic mass is 32.2. The van der Waals surface area contributed by atoms with Gasteiger partial charge < -0.3 is 4.40 Å². The van der Waals surface area contributed by atoms with Crippen molar-refractivity contribution in [1.29, 1.82) is 0 Å². The van der Waals surface area contributed by atoms with E-state index in [1.807, 2.05) is 65.3 Å². The molecule has 0 fully saturated rings. The molecule has 0 saturated carbocycles. The van der Waals surface area contributed by atoms with Crippen LogP contribution in [0.5, 0.6) is 0 Å². The van der Waals surface area contributed by atoms with Crippen LogP contribution in [0.25, 0.3) is 11.7 Å². The molecule has 0 N–H and O–H groups in total. The Morgan fingerprint density at radius 3 is 2.52 bits per heavy atom. The highest BCUT2D eigenvalue weighted by molar-refractivity contribution is 8.13. The number of hydrogen-bond donors (Lipinski definition) is 0. The Hall–Kier alpha value is -3.71. The van der Waals surface area contributed by atoms with E-state index in [1.54, 1.807) is 18.2 Å². The summed E-state index contributed by atoms with van der Waals surface area (Å²) in [5.41, 5.74) is 3.55. The monoisotopic (exact) mass is 428 g/mol. The Balaban J connectivity index is 1.46. The lowest BCUT2D eigenvalue weighted by Crippen LogP contribution is -2.30. The molecular formula is C24H17FN4OS. The zero-order valence-electron chi connectivity index (χ0n) is 16.4. The number of nitrogens with zero attached hydrogens (tertiary/aromatic N) is 4. The second-order valence-electron chi connectivity index (χ2n) is 6.94. The summed E-state index contributed by atoms with van der Waals surface area (Å²) >= 11 is 1.42. The first-order valence-electron chi connectivity index (χ1n) is 9.68. The Kier molecular flexibility index (Phi) is 5.09. The standard InChI is InChI=1S/C24H17FN4OS/c25-18-9-11-20(12-10-18)29-23(30)21(14-17-6-2-1-3-7-17)27-24(29)31-16-19-15-28-13-5-4-8-22(28)26-19/h1-15H,16H2/b21-14+. The lowest BCUT2D eigenvalue weighted by atomic mass is 10.2. The molecule has 1 amide bonds. The topological polar surface area (TPSA) is 50.0 Å². The summed E-state index contributed by atoms with van der Waals surface area (Å²) in [6.07, 6.45) is 5.67. The van der Waals surface area contributed by atoms with Crippen LogP contribution in [0.1, 0.15) is 11.3 Å². The van der Waals surface area contributed by atoms with Crippen LogP contribution in [0.15, 0.2) is 95.9 Å². The zero-order valence-corrected chi connectivity index (χ0v) is 17.2. The Morgan fingerprint density at radius 2 is 1.74 bits per heavy atom. The highest BCUT2D eigenvalue weighted by Gasteiger charge is 2.32. The second-order valence-corrected chi connectivity index (χ2v) is 7.88. The third-order valence-corrected chi connectivity index (χ3v) is 5.75. The van der Waals surface area contributed by atoms with Crippen molar-refractivity contribution in [2.75, 3.05) is 4.90 Å². The van der Waals surface area contributed by atoms with Gasteiger partial charge in [0.15, 0.2) is 5.17 Å². The molecule has 0 unspecified atom stereocenters. The van der Waals surface area contributed by atoms with Crippen molar-refractivity contribution < 1.29 is 9.18 Å². The normalized spacial score (nSPS) is 15.1. The molecule has 0 saturated heterocycles. The summed E-state index contributed by atoms with van der Waals surface area (Å²) in [6, 6.07) is 21.2. The van der Waals surface area contributed by atoms with Crippen molar-refractivity contribution in [3.8, 4) is 0 Å². The number of fused-ring (bicyclic) bond motifs is 1. The van der Waals surface area contributed by atoms with Crippen molar-refractivity contribution in [2.24, 2.45) is 4.99 Å². The van der Waals surface area contributed by atoms with Crippen molar-refractivity contribution >= 4 is 40.2 Å². The summed E-state index contributed by atoms with van der Waals surface area (Å²) in [7, 11) is 0. The molecule has 0 radical (unpaired) electrons. The van der Waals surface area contributed by atoms with Crippen molar-refractivity contribution in [1.82, 2.24) is 9.38 Å². The number of anilines is 1. The lowest BCUT2D eigenvalue weighted by molar-refractivity contribution is -0.113. The number of aliphatic imine (C=N–C) groups is 1. The first-order chi connectivity index (χ1) is 15.2. The van der Waals surface area contributed by atoms with Gasteiger partial charge in [-0.1, -0.05) is 48.2 Å². The van der Waals surface area contributed by atoms with Crippen LogP contribution in [0, 0.1) is 5.82 Å². The molecule has 1 aliphatic rings. The number of amides is 1. The number of rotatable bonds is 4. The van der Waals surface area contributed by atoms with Crippen LogP contribution in [0.4, 0.5) is 10.1 Å². The number of pyridine rings is 1. The molecule has 0 atom stereocenters. The van der Waals surface area contributed by atoms with Crippen LogP contribution in [0.3, 0.4) is 0 Å². The number of amidine groups is 1. The minimum atomic E-state index is -0.355. The SMILES string of the molecule is O=C1/C(=C\c2ccccc2)N=C(SCc2cn3ccccc3n2)N1c1ccc(F)cc1. The van der Waals surface area contributed by atoms with Gasteiger partial charge in [0.1, 0.15) is 17.2 Å². The second kappa shape index (κ2) is 8.20. The summed E-state index contributed by atoms with van der Waals surface area (Å²) in [6.45, 7) is 0. The third-order valence-electron chi connectivity index (χ3n) is 4.78. The molecule has 2 aromatic carbocycles. The molecule has 0 aliphatic carbocycles. The van der Waals surface area contributed by atoms with Gasteiger partial charge in [-0.25, -0.2) is 14.4 Å². The van der Waals surface area contributed by atoms with Crippen LogP contribution in [-0.2, 0) is 10.5 Å². The van der Waals surface area contributed by atoms with Crippen molar-refractivity contribution in [3.05, 3.63) is 108 Å². The average molecular weight is 428 g/mol. The van der Waals surface area contributed by atoms with Crippen LogP contribution in [-0.4, -0.2) is 20.5 Å². The van der Waals surface area contributed by atoms with E-state index in [2.05, 4.69) is 9.98 Å². The molecule has 0 spiro atoms. The van der Waals surface area contributed by atoms with Gasteiger partial charge in [0.05, 0.1) is 11.4 Å². The fourth-order valence-electron chi connectivity index (χ4n) is 3.31. The highest BCUT2D eigenvalue weighted by Crippen LogP contribution is 2.31. The summed E-state index contributed by atoms with van der Waals surface area (Å²) in [5, 5.41) is 0.538. The first-order valence-corrected chi connectivity index (χ1v) is 10.7. The number of halogens is 1. The molecule has 1 aliphatic heterocycles. The van der Waals surface area contributed by atoms with E-state index < -0.39 is 0 Å². The first kappa shape index (κ1) is 19.3. The number of carbonyl (C=O) groups is 1. The van der Waals surface area contributed by atoms with E-state index in [0.29, 0.717) is 22.3 Å². The summed E-state index contributed by atoms with van der Waals surface area (Å²) < 4.78 is 15.4. The number of carbonyl (C=O) groups excluding carboxylic acids is 1. The van der Waals surface area contributed by atoms with E-state index in [0.717, 1.165) is 16.9 Å². The fraction of sp³-hybridized carbons (Fsp3) is 0.0417.